The highest BCUT2D eigenvalue weighted by Crippen LogP contribution is 1.90. The van der Waals surface area contributed by atoms with Gasteiger partial charge in [0.25, 0.3) is 0 Å². The molecule has 0 bridgehead atoms. The van der Waals surface area contributed by atoms with Gasteiger partial charge in [0, 0.05) is 12.2 Å². The van der Waals surface area contributed by atoms with Gasteiger partial charge in [-0.3, -0.25) is 10.4 Å². The predicted octanol–water partition coefficient (Wildman–Crippen LogP) is -1.63. The number of esters is 2. The van der Waals surface area contributed by atoms with Crippen molar-refractivity contribution in [1.29, 1.82) is 0 Å². The van der Waals surface area contributed by atoms with Gasteiger partial charge in [0.1, 0.15) is 6.61 Å². The molecule has 1 fully saturated rings. The van der Waals surface area contributed by atoms with Crippen LogP contribution in [-0.2, 0) is 19.1 Å². The Hall–Kier alpha value is -1.71. The minimum absolute atomic E-state index is 0.126. The van der Waals surface area contributed by atoms with Gasteiger partial charge in [0.2, 0.25) is 0 Å². The average Bonchev–Trinajstić information content (AvgIpc) is 2.72. The van der Waals surface area contributed by atoms with E-state index in [4.69, 9.17) is 17.0 Å². The van der Waals surface area contributed by atoms with Gasteiger partial charge in [-0.25, -0.2) is 9.59 Å². The molecule has 0 unspecified atom stereocenters. The van der Waals surface area contributed by atoms with Crippen LogP contribution < -0.4 is 16.5 Å². The maximum atomic E-state index is 11.1. The van der Waals surface area contributed by atoms with Gasteiger partial charge in [-0.05, 0) is 12.2 Å². The number of hydrogen-bond acceptors (Lipinski definition) is 7. The van der Waals surface area contributed by atoms with Gasteiger partial charge in [0.15, 0.2) is 5.11 Å². The van der Waals surface area contributed by atoms with Gasteiger partial charge < -0.3 is 9.47 Å². The first-order valence-corrected chi connectivity index (χ1v) is 5.05. The fourth-order valence-corrected chi connectivity index (χ4v) is 1.10. The molecule has 0 aliphatic carbocycles. The summed E-state index contributed by atoms with van der Waals surface area (Å²) in [6.07, 6.45) is 1.99. The Kier molecular flexibility index (Phi) is 5.33. The van der Waals surface area contributed by atoms with Crippen LogP contribution in [0.1, 0.15) is 0 Å². The van der Waals surface area contributed by atoms with E-state index >= 15 is 0 Å². The van der Waals surface area contributed by atoms with E-state index in [9.17, 15) is 9.59 Å². The zero-order valence-electron chi connectivity index (χ0n) is 9.06. The summed E-state index contributed by atoms with van der Waals surface area (Å²) in [6, 6.07) is 0. The number of carbonyl (C=O) groups is 2. The highest BCUT2D eigenvalue weighted by molar-refractivity contribution is 7.80. The summed E-state index contributed by atoms with van der Waals surface area (Å²) >= 11 is 4.89. The monoisotopic (exact) mass is 260 g/mol. The fraction of sp³-hybridized carbons (Fsp3) is 0.375. The number of ether oxygens (including phenoxy) is 2. The molecular weight excluding hydrogens is 248 g/mol. The minimum atomic E-state index is -0.624. The van der Waals surface area contributed by atoms with Crippen molar-refractivity contribution in [3.05, 3.63) is 12.2 Å². The standard InChI is InChI=1S/C8H12N4O4S/c1-15-6(13)2-3-7(14)16-5-4-12-8(17)9-10-11-12/h2-3,10-11H,4-5H2,1H3,(H,9,17)/b3-2+. The zero-order valence-corrected chi connectivity index (χ0v) is 9.87. The average molecular weight is 260 g/mol. The van der Waals surface area contributed by atoms with Crippen LogP contribution in [0.2, 0.25) is 0 Å². The van der Waals surface area contributed by atoms with Crippen LogP contribution in [0.3, 0.4) is 0 Å². The third kappa shape index (κ3) is 4.76. The van der Waals surface area contributed by atoms with E-state index in [-0.39, 0.29) is 6.61 Å². The first kappa shape index (κ1) is 13.4. The quantitative estimate of drug-likeness (QED) is 0.306. The molecule has 0 atom stereocenters. The number of carbonyl (C=O) groups excluding carboxylic acids is 2. The van der Waals surface area contributed by atoms with Crippen molar-refractivity contribution in [1.82, 2.24) is 21.5 Å². The van der Waals surface area contributed by atoms with E-state index in [0.29, 0.717) is 11.7 Å². The van der Waals surface area contributed by atoms with Gasteiger partial charge in [-0.1, -0.05) is 0 Å². The number of nitrogens with zero attached hydrogens (tertiary/aromatic N) is 1. The number of rotatable bonds is 5. The number of hydrogen-bond donors (Lipinski definition) is 3. The summed E-state index contributed by atoms with van der Waals surface area (Å²) in [5.74, 6) is -1.24. The summed E-state index contributed by atoms with van der Waals surface area (Å²) in [6.45, 7) is 0.498. The van der Waals surface area contributed by atoms with Crippen LogP contribution >= 0.6 is 12.2 Å². The molecule has 3 N–H and O–H groups in total. The Balaban J connectivity index is 2.18. The first-order chi connectivity index (χ1) is 8.13. The molecule has 0 radical (unpaired) electrons. The highest BCUT2D eigenvalue weighted by Gasteiger charge is 2.14. The smallest absolute Gasteiger partial charge is 0.331 e. The summed E-state index contributed by atoms with van der Waals surface area (Å²) in [5, 5.41) is 2.00. The number of hydrazine groups is 3. The van der Waals surface area contributed by atoms with E-state index in [1.165, 1.54) is 7.11 Å². The largest absolute Gasteiger partial charge is 0.466 e. The topological polar surface area (TPSA) is 91.9 Å². The molecule has 0 aromatic carbocycles. The normalized spacial score (nSPS) is 14.9. The molecule has 1 saturated heterocycles. The van der Waals surface area contributed by atoms with Crippen LogP contribution in [-0.4, -0.2) is 42.3 Å². The molecule has 1 aliphatic heterocycles. The predicted molar refractivity (Wildman–Crippen MR) is 60.8 cm³/mol. The molecule has 0 saturated carbocycles. The summed E-state index contributed by atoms with van der Waals surface area (Å²) in [5.41, 5.74) is 7.90. The van der Waals surface area contributed by atoms with Crippen molar-refractivity contribution in [2.45, 2.75) is 0 Å². The second kappa shape index (κ2) is 6.78. The fourth-order valence-electron chi connectivity index (χ4n) is 0.914. The molecule has 0 spiro atoms. The summed E-state index contributed by atoms with van der Waals surface area (Å²) in [7, 11) is 1.22. The van der Waals surface area contributed by atoms with Crippen LogP contribution in [0.25, 0.3) is 0 Å². The van der Waals surface area contributed by atoms with Crippen LogP contribution in [0, 0.1) is 0 Å². The molecule has 8 nitrogen and oxygen atoms in total. The van der Waals surface area contributed by atoms with E-state index in [1.807, 2.05) is 0 Å². The van der Waals surface area contributed by atoms with Crippen LogP contribution in [0.15, 0.2) is 12.2 Å². The first-order valence-electron chi connectivity index (χ1n) is 4.64. The highest BCUT2D eigenvalue weighted by atomic mass is 32.1. The van der Waals surface area contributed by atoms with Crippen molar-refractivity contribution < 1.29 is 19.1 Å². The molecular formula is C8H12N4O4S. The van der Waals surface area contributed by atoms with Crippen molar-refractivity contribution in [3.8, 4) is 0 Å². The molecule has 9 heteroatoms. The van der Waals surface area contributed by atoms with Gasteiger partial charge in [0.05, 0.1) is 13.7 Å². The Morgan fingerprint density at radius 1 is 1.41 bits per heavy atom. The number of nitrogens with one attached hydrogen (secondary N) is 3. The Morgan fingerprint density at radius 3 is 2.71 bits per heavy atom. The SMILES string of the molecule is COC(=O)/C=C/C(=O)OCCN1NNNC1=S. The van der Waals surface area contributed by atoms with Gasteiger partial charge >= 0.3 is 11.9 Å². The number of methoxy groups -OCH3 is 1. The summed E-state index contributed by atoms with van der Waals surface area (Å²) in [4.78, 5) is 21.8. The Morgan fingerprint density at radius 2 is 2.12 bits per heavy atom. The molecule has 1 aliphatic rings. The lowest BCUT2D eigenvalue weighted by atomic mass is 10.5. The van der Waals surface area contributed by atoms with E-state index < -0.39 is 11.9 Å². The van der Waals surface area contributed by atoms with Crippen molar-refractivity contribution >= 4 is 29.3 Å². The van der Waals surface area contributed by atoms with Crippen molar-refractivity contribution in [2.24, 2.45) is 0 Å². The minimum Gasteiger partial charge on any atom is -0.466 e. The molecule has 0 aromatic heterocycles. The Labute approximate surface area is 103 Å². The molecule has 0 aromatic rings. The molecule has 1 heterocycles. The lowest BCUT2D eigenvalue weighted by Gasteiger charge is -2.13. The van der Waals surface area contributed by atoms with E-state index in [1.54, 1.807) is 5.01 Å². The maximum absolute atomic E-state index is 11.1. The Bertz CT molecular complexity index is 346. The second-order valence-corrected chi connectivity index (χ2v) is 3.23. The molecule has 17 heavy (non-hydrogen) atoms. The third-order valence-corrected chi connectivity index (χ3v) is 2.04. The van der Waals surface area contributed by atoms with Gasteiger partial charge in [-0.15, -0.1) is 5.53 Å². The lowest BCUT2D eigenvalue weighted by molar-refractivity contribution is -0.139. The van der Waals surface area contributed by atoms with Crippen LogP contribution in [0.4, 0.5) is 0 Å². The second-order valence-electron chi connectivity index (χ2n) is 2.84. The lowest BCUT2D eigenvalue weighted by Crippen LogP contribution is -2.39. The van der Waals surface area contributed by atoms with Gasteiger partial charge in [-0.2, -0.15) is 5.53 Å². The molecule has 0 amide bonds. The van der Waals surface area contributed by atoms with Crippen LogP contribution in [0.5, 0.6) is 0 Å². The number of thiocarbonyl (C=S) groups is 1. The molecule has 1 rings (SSSR count). The van der Waals surface area contributed by atoms with Crippen molar-refractivity contribution in [2.75, 3.05) is 20.3 Å². The maximum Gasteiger partial charge on any atom is 0.331 e. The summed E-state index contributed by atoms with van der Waals surface area (Å²) < 4.78 is 9.13. The molecule has 94 valence electrons. The third-order valence-electron chi connectivity index (χ3n) is 1.72. The zero-order chi connectivity index (χ0) is 12.7. The van der Waals surface area contributed by atoms with Crippen molar-refractivity contribution in [3.63, 3.8) is 0 Å². The van der Waals surface area contributed by atoms with E-state index in [2.05, 4.69) is 21.2 Å². The van der Waals surface area contributed by atoms with E-state index in [0.717, 1.165) is 12.2 Å².